The maximum absolute atomic E-state index is 5.62. The molecule has 3 aromatic rings. The Labute approximate surface area is 274 Å². The number of hydrogen-bond donors (Lipinski definition) is 0. The Bertz CT molecular complexity index is 2860. The van der Waals surface area contributed by atoms with Gasteiger partial charge in [0.15, 0.2) is 0 Å². The van der Waals surface area contributed by atoms with Crippen LogP contribution in [0.3, 0.4) is 0 Å². The molecule has 47 heavy (non-hydrogen) atoms. The van der Waals surface area contributed by atoms with Gasteiger partial charge in [-0.3, -0.25) is 0 Å². The lowest BCUT2D eigenvalue weighted by molar-refractivity contribution is 1.32. The molecule has 0 heterocycles. The van der Waals surface area contributed by atoms with Crippen molar-refractivity contribution in [3.63, 3.8) is 0 Å². The van der Waals surface area contributed by atoms with Crippen LogP contribution in [0.15, 0.2) is 124 Å². The fraction of sp³-hybridized carbons (Fsp3) is 0.0638. The van der Waals surface area contributed by atoms with Gasteiger partial charge in [0.1, 0.15) is 0 Å². The van der Waals surface area contributed by atoms with Gasteiger partial charge in [-0.15, -0.1) is 12.8 Å². The number of benzene rings is 3. The third-order valence-electron chi connectivity index (χ3n) is 9.66. The molecular formula is C47H26. The molecule has 9 rings (SSSR count). The molecule has 0 saturated heterocycles. The van der Waals surface area contributed by atoms with Crippen molar-refractivity contribution in [2.24, 2.45) is 0 Å². The average molecular weight is 591 g/mol. The van der Waals surface area contributed by atoms with Gasteiger partial charge in [-0.2, -0.15) is 0 Å². The number of allylic oxidation sites excluding steroid dienone is 12. The van der Waals surface area contributed by atoms with Gasteiger partial charge >= 0.3 is 0 Å². The molecule has 0 radical (unpaired) electrons. The second kappa shape index (κ2) is 10.6. The molecule has 0 saturated carbocycles. The van der Waals surface area contributed by atoms with Gasteiger partial charge in [0.05, 0.1) is 0 Å². The van der Waals surface area contributed by atoms with Crippen molar-refractivity contribution in [2.75, 3.05) is 0 Å². The van der Waals surface area contributed by atoms with Gasteiger partial charge in [0, 0.05) is 33.4 Å². The van der Waals surface area contributed by atoms with Crippen LogP contribution in [0.5, 0.6) is 0 Å². The summed E-state index contributed by atoms with van der Waals surface area (Å²) in [6, 6.07) is 19.3. The molecule has 214 valence electrons. The first kappa shape index (κ1) is 26.9. The van der Waals surface area contributed by atoms with Crippen molar-refractivity contribution in [1.29, 1.82) is 0 Å². The van der Waals surface area contributed by atoms with Crippen molar-refractivity contribution < 1.29 is 0 Å². The zero-order chi connectivity index (χ0) is 31.5. The SMILES string of the molecule is C#CC1=CCC2=c3ccc(C#Cc4ccc5c(c4)=CC4=CC(C#CC6=CCC7=c8ccc(C#C)cc8=CC7=C6)=CCC=54)cc3=CC2=C1. The van der Waals surface area contributed by atoms with E-state index in [4.69, 9.17) is 12.8 Å². The zero-order valence-electron chi connectivity index (χ0n) is 25.7. The molecule has 6 aliphatic rings. The molecule has 0 aromatic heterocycles. The summed E-state index contributed by atoms with van der Waals surface area (Å²) in [4.78, 5) is 0. The van der Waals surface area contributed by atoms with Crippen molar-refractivity contribution in [1.82, 2.24) is 0 Å². The predicted octanol–water partition coefficient (Wildman–Crippen LogP) is 4.01. The zero-order valence-corrected chi connectivity index (χ0v) is 25.7. The Morgan fingerprint density at radius 3 is 1.26 bits per heavy atom. The first-order valence-electron chi connectivity index (χ1n) is 15.9. The molecule has 0 spiro atoms. The highest BCUT2D eigenvalue weighted by Crippen LogP contribution is 2.29. The quantitative estimate of drug-likeness (QED) is 0.348. The molecule has 0 heteroatoms. The third kappa shape index (κ3) is 4.65. The Kier molecular flexibility index (Phi) is 6.06. The molecule has 0 amide bonds. The van der Waals surface area contributed by atoms with E-state index in [0.29, 0.717) is 0 Å². The number of rotatable bonds is 0. The summed E-state index contributed by atoms with van der Waals surface area (Å²) >= 11 is 0. The van der Waals surface area contributed by atoms with Gasteiger partial charge in [0.25, 0.3) is 0 Å². The van der Waals surface area contributed by atoms with Crippen LogP contribution in [0.25, 0.3) is 34.9 Å². The number of terminal acetylenes is 2. The Balaban J connectivity index is 0.949. The van der Waals surface area contributed by atoms with Crippen molar-refractivity contribution in [2.45, 2.75) is 19.3 Å². The highest BCUT2D eigenvalue weighted by atomic mass is 14.2. The fourth-order valence-corrected chi connectivity index (χ4v) is 7.30. The van der Waals surface area contributed by atoms with Crippen LogP contribution in [0, 0.1) is 48.4 Å². The van der Waals surface area contributed by atoms with E-state index in [0.717, 1.165) is 52.7 Å². The largest absolute Gasteiger partial charge is 0.115 e. The summed E-state index contributed by atoms with van der Waals surface area (Å²) in [6.45, 7) is 0. The predicted molar refractivity (Wildman–Crippen MR) is 194 cm³/mol. The van der Waals surface area contributed by atoms with Crippen LogP contribution in [0.2, 0.25) is 0 Å². The van der Waals surface area contributed by atoms with E-state index >= 15 is 0 Å². The van der Waals surface area contributed by atoms with E-state index in [-0.39, 0.29) is 0 Å². The minimum Gasteiger partial charge on any atom is -0.115 e. The lowest BCUT2D eigenvalue weighted by atomic mass is 9.94. The van der Waals surface area contributed by atoms with E-state index in [1.165, 1.54) is 64.8 Å². The lowest BCUT2D eigenvalue weighted by Crippen LogP contribution is -2.23. The topological polar surface area (TPSA) is 0 Å². The Morgan fingerprint density at radius 1 is 0.404 bits per heavy atom. The summed E-state index contributed by atoms with van der Waals surface area (Å²) in [6.07, 6.45) is 33.7. The molecule has 0 bridgehead atoms. The van der Waals surface area contributed by atoms with Crippen LogP contribution in [-0.4, -0.2) is 0 Å². The molecule has 0 atom stereocenters. The van der Waals surface area contributed by atoms with Gasteiger partial charge < -0.3 is 0 Å². The fourth-order valence-electron chi connectivity index (χ4n) is 7.30. The summed E-state index contributed by atoms with van der Waals surface area (Å²) in [7, 11) is 0. The van der Waals surface area contributed by atoms with E-state index in [1.54, 1.807) is 0 Å². The summed E-state index contributed by atoms with van der Waals surface area (Å²) in [5.74, 6) is 19.2. The molecule has 0 nitrogen and oxygen atoms in total. The first-order chi connectivity index (χ1) is 23.1. The minimum absolute atomic E-state index is 0.877. The van der Waals surface area contributed by atoms with E-state index in [2.05, 4.69) is 139 Å². The van der Waals surface area contributed by atoms with Crippen molar-refractivity contribution in [3.05, 3.63) is 172 Å². The Hall–Kier alpha value is -6.44. The summed E-state index contributed by atoms with van der Waals surface area (Å²) < 4.78 is 0. The third-order valence-corrected chi connectivity index (χ3v) is 9.66. The van der Waals surface area contributed by atoms with E-state index in [1.807, 2.05) is 6.07 Å². The molecule has 6 aliphatic carbocycles. The second-order valence-electron chi connectivity index (χ2n) is 12.5. The normalized spacial score (nSPS) is 17.0. The summed E-state index contributed by atoms with van der Waals surface area (Å²) in [5, 5.41) is 7.49. The number of hydrogen-bond acceptors (Lipinski definition) is 0. The maximum atomic E-state index is 5.62. The second-order valence-corrected chi connectivity index (χ2v) is 12.5. The van der Waals surface area contributed by atoms with Crippen LogP contribution in [0.4, 0.5) is 0 Å². The smallest absolute Gasteiger partial charge is 0.0255 e. The van der Waals surface area contributed by atoms with Gasteiger partial charge in [-0.1, -0.05) is 71.9 Å². The first-order valence-corrected chi connectivity index (χ1v) is 15.9. The number of fused-ring (bicyclic) bond motifs is 6. The molecule has 0 aliphatic heterocycles. The van der Waals surface area contributed by atoms with Crippen molar-refractivity contribution in [3.8, 4) is 48.4 Å². The van der Waals surface area contributed by atoms with E-state index in [9.17, 15) is 0 Å². The van der Waals surface area contributed by atoms with Crippen molar-refractivity contribution >= 4 is 34.9 Å². The van der Waals surface area contributed by atoms with Crippen LogP contribution >= 0.6 is 0 Å². The van der Waals surface area contributed by atoms with E-state index < -0.39 is 0 Å². The Morgan fingerprint density at radius 2 is 0.809 bits per heavy atom. The highest BCUT2D eigenvalue weighted by molar-refractivity contribution is 5.88. The highest BCUT2D eigenvalue weighted by Gasteiger charge is 2.17. The minimum atomic E-state index is 0.877. The van der Waals surface area contributed by atoms with Gasteiger partial charge in [-0.05, 0) is 157 Å². The molecule has 0 N–H and O–H groups in total. The summed E-state index contributed by atoms with van der Waals surface area (Å²) in [5.41, 5.74) is 13.8. The van der Waals surface area contributed by atoms with Crippen LogP contribution in [-0.2, 0) is 0 Å². The standard InChI is InChI=1S/C47H26/c1-3-30-9-15-42-36(21-30)27-38-23-32(11-17-44(38)42)5-7-34-13-19-46-40(25-34)29-41-26-35(14-20-47(41)46)8-6-33-12-18-45-39(24-33)28-37-22-31(4-2)10-16-43(37)45/h1-2,9-15,18,20-29H,16-17,19H2. The molecule has 0 fully saturated rings. The van der Waals surface area contributed by atoms with Gasteiger partial charge in [0.2, 0.25) is 0 Å². The maximum Gasteiger partial charge on any atom is 0.0255 e. The average Bonchev–Trinajstić information content (AvgIpc) is 3.78. The molecular weight excluding hydrogens is 565 g/mol. The van der Waals surface area contributed by atoms with Crippen LogP contribution in [0.1, 0.15) is 36.0 Å². The van der Waals surface area contributed by atoms with Gasteiger partial charge in [-0.25, -0.2) is 0 Å². The molecule has 3 aromatic carbocycles. The monoisotopic (exact) mass is 590 g/mol. The van der Waals surface area contributed by atoms with Crippen LogP contribution < -0.4 is 31.3 Å². The lowest BCUT2D eigenvalue weighted by Gasteiger charge is -2.10. The molecule has 0 unspecified atom stereocenters.